The van der Waals surface area contributed by atoms with Crippen molar-refractivity contribution in [3.63, 3.8) is 0 Å². The largest absolute Gasteiger partial charge is 0.508 e. The van der Waals surface area contributed by atoms with Gasteiger partial charge in [-0.2, -0.15) is 0 Å². The zero-order valence-electron chi connectivity index (χ0n) is 15.1. The Morgan fingerprint density at radius 1 is 0.931 bits per heavy atom. The van der Waals surface area contributed by atoms with Crippen LogP contribution in [0.5, 0.6) is 23.0 Å². The van der Waals surface area contributed by atoms with Crippen molar-refractivity contribution in [1.29, 1.82) is 0 Å². The molecule has 0 spiro atoms. The zero-order valence-corrected chi connectivity index (χ0v) is 15.1. The normalized spacial score (nSPS) is 29.2. The van der Waals surface area contributed by atoms with E-state index in [1.54, 1.807) is 6.07 Å². The Morgan fingerprint density at radius 2 is 1.69 bits per heavy atom. The molecule has 0 aromatic heterocycles. The highest BCUT2D eigenvalue weighted by Crippen LogP contribution is 2.43. The van der Waals surface area contributed by atoms with E-state index in [0.29, 0.717) is 5.56 Å². The van der Waals surface area contributed by atoms with Crippen LogP contribution in [0, 0.1) is 0 Å². The maximum atomic E-state index is 12.5. The van der Waals surface area contributed by atoms with Gasteiger partial charge in [0, 0.05) is 24.1 Å². The highest BCUT2D eigenvalue weighted by molar-refractivity contribution is 6.02. The molecule has 2 heterocycles. The number of fused-ring (bicyclic) bond motifs is 1. The van der Waals surface area contributed by atoms with Gasteiger partial charge in [0.25, 0.3) is 0 Å². The number of aromatic hydroxyl groups is 3. The van der Waals surface area contributed by atoms with Crippen molar-refractivity contribution in [1.82, 2.24) is 0 Å². The van der Waals surface area contributed by atoms with Gasteiger partial charge in [-0.15, -0.1) is 0 Å². The molecule has 6 N–H and O–H groups in total. The summed E-state index contributed by atoms with van der Waals surface area (Å²) >= 11 is 0. The van der Waals surface area contributed by atoms with Crippen molar-refractivity contribution in [3.8, 4) is 23.0 Å². The van der Waals surface area contributed by atoms with Crippen molar-refractivity contribution in [2.24, 2.45) is 0 Å². The smallest absolute Gasteiger partial charge is 0.184 e. The van der Waals surface area contributed by atoms with Crippen molar-refractivity contribution in [2.45, 2.75) is 43.5 Å². The summed E-state index contributed by atoms with van der Waals surface area (Å²) < 4.78 is 11.1. The molecule has 0 radical (unpaired) electrons. The summed E-state index contributed by atoms with van der Waals surface area (Å²) in [6.45, 7) is 0. The number of ketones is 1. The van der Waals surface area contributed by atoms with E-state index >= 15 is 0 Å². The Kier molecular flexibility index (Phi) is 4.83. The molecular weight excluding hydrogens is 384 g/mol. The van der Waals surface area contributed by atoms with Crippen LogP contribution in [-0.2, 0) is 4.74 Å². The predicted molar refractivity (Wildman–Crippen MR) is 96.7 cm³/mol. The third kappa shape index (κ3) is 3.49. The standard InChI is InChI=1S/C20H20O9/c21-9-4-12(23)18-13(24)6-15(28-17(18)5-9)8-1-2-11(22)10(3-8)16-7-14(25)19(26)20(27)29-16/h1-5,14-16,19-23,25-27H,6-7H2. The lowest BCUT2D eigenvalue weighted by Crippen LogP contribution is -2.45. The molecule has 0 aliphatic carbocycles. The number of phenolic OH excluding ortho intramolecular Hbond substituents is 3. The highest BCUT2D eigenvalue weighted by atomic mass is 16.6. The number of phenols is 3. The summed E-state index contributed by atoms with van der Waals surface area (Å²) in [6, 6.07) is 6.75. The second-order valence-corrected chi connectivity index (χ2v) is 7.20. The van der Waals surface area contributed by atoms with Gasteiger partial charge in [0.2, 0.25) is 0 Å². The van der Waals surface area contributed by atoms with Crippen molar-refractivity contribution in [2.75, 3.05) is 0 Å². The Morgan fingerprint density at radius 3 is 2.41 bits per heavy atom. The Balaban J connectivity index is 1.65. The number of benzene rings is 2. The first-order valence-corrected chi connectivity index (χ1v) is 9.03. The summed E-state index contributed by atoms with van der Waals surface area (Å²) in [5.74, 6) is -1.09. The number of ether oxygens (including phenoxy) is 2. The molecule has 5 atom stereocenters. The van der Waals surface area contributed by atoms with Crippen molar-refractivity contribution in [3.05, 3.63) is 47.0 Å². The van der Waals surface area contributed by atoms with E-state index < -0.39 is 30.7 Å². The van der Waals surface area contributed by atoms with Gasteiger partial charge in [-0.3, -0.25) is 4.79 Å². The number of carbonyl (C=O) groups is 1. The summed E-state index contributed by atoms with van der Waals surface area (Å²) in [7, 11) is 0. The predicted octanol–water partition coefficient (Wildman–Crippen LogP) is 1.01. The SMILES string of the molecule is O=C1CC(c2ccc(O)c(C3CC(O)C(O)C(O)O3)c2)Oc2cc(O)cc(O)c21. The Labute approximate surface area is 165 Å². The Hall–Kier alpha value is -2.85. The molecule has 2 aromatic rings. The van der Waals surface area contributed by atoms with Gasteiger partial charge in [-0.25, -0.2) is 0 Å². The molecular formula is C20H20O9. The third-order valence-electron chi connectivity index (χ3n) is 5.20. The zero-order chi connectivity index (χ0) is 20.9. The fourth-order valence-electron chi connectivity index (χ4n) is 3.70. The van der Waals surface area contributed by atoms with Crippen LogP contribution in [0.4, 0.5) is 0 Å². The number of hydrogen-bond acceptors (Lipinski definition) is 9. The van der Waals surface area contributed by atoms with Gasteiger partial charge in [-0.05, 0) is 17.7 Å². The van der Waals surface area contributed by atoms with Gasteiger partial charge >= 0.3 is 0 Å². The van der Waals surface area contributed by atoms with Gasteiger partial charge in [0.1, 0.15) is 40.8 Å². The van der Waals surface area contributed by atoms with Gasteiger partial charge in [0.15, 0.2) is 12.1 Å². The number of rotatable bonds is 2. The first kappa shape index (κ1) is 19.5. The maximum Gasteiger partial charge on any atom is 0.184 e. The molecule has 1 fully saturated rings. The third-order valence-corrected chi connectivity index (χ3v) is 5.20. The summed E-state index contributed by atoms with van der Waals surface area (Å²) in [5, 5.41) is 59.1. The molecule has 2 aromatic carbocycles. The minimum atomic E-state index is -1.61. The first-order valence-electron chi connectivity index (χ1n) is 9.03. The summed E-state index contributed by atoms with van der Waals surface area (Å²) in [4.78, 5) is 12.5. The molecule has 2 aliphatic heterocycles. The number of Topliss-reactive ketones (excluding diaryl/α,β-unsaturated/α-hetero) is 1. The lowest BCUT2D eigenvalue weighted by Gasteiger charge is -2.35. The summed E-state index contributed by atoms with van der Waals surface area (Å²) in [5.41, 5.74) is 0.764. The van der Waals surface area contributed by atoms with Gasteiger partial charge in [-0.1, -0.05) is 6.07 Å². The average Bonchev–Trinajstić information content (AvgIpc) is 2.65. The van der Waals surface area contributed by atoms with E-state index in [1.807, 2.05) is 0 Å². The maximum absolute atomic E-state index is 12.5. The van der Waals surface area contributed by atoms with E-state index in [1.165, 1.54) is 18.2 Å². The number of hydrogen-bond donors (Lipinski definition) is 6. The number of aliphatic hydroxyl groups excluding tert-OH is 3. The van der Waals surface area contributed by atoms with Gasteiger partial charge in [0.05, 0.1) is 18.6 Å². The fraction of sp³-hybridized carbons (Fsp3) is 0.350. The molecule has 29 heavy (non-hydrogen) atoms. The second kappa shape index (κ2) is 7.20. The van der Waals surface area contributed by atoms with Crippen molar-refractivity contribution >= 4 is 5.78 Å². The molecule has 2 aliphatic rings. The van der Waals surface area contributed by atoms with Crippen LogP contribution in [0.2, 0.25) is 0 Å². The van der Waals surface area contributed by atoms with E-state index in [2.05, 4.69) is 0 Å². The lowest BCUT2D eigenvalue weighted by atomic mass is 9.91. The monoisotopic (exact) mass is 404 g/mol. The first-order chi connectivity index (χ1) is 13.7. The van der Waals surface area contributed by atoms with Crippen LogP contribution in [-0.4, -0.2) is 54.9 Å². The summed E-state index contributed by atoms with van der Waals surface area (Å²) in [6.07, 6.45) is -6.07. The average molecular weight is 404 g/mol. The highest BCUT2D eigenvalue weighted by Gasteiger charge is 2.38. The minimum Gasteiger partial charge on any atom is -0.508 e. The van der Waals surface area contributed by atoms with E-state index in [4.69, 9.17) is 9.47 Å². The van der Waals surface area contributed by atoms with Gasteiger partial charge < -0.3 is 40.1 Å². The number of aliphatic hydroxyl groups is 3. The van der Waals surface area contributed by atoms with Crippen molar-refractivity contribution < 1.29 is 44.9 Å². The second-order valence-electron chi connectivity index (χ2n) is 7.20. The fourth-order valence-corrected chi connectivity index (χ4v) is 3.70. The molecule has 0 saturated carbocycles. The lowest BCUT2D eigenvalue weighted by molar-refractivity contribution is -0.249. The van der Waals surface area contributed by atoms with Crippen LogP contribution < -0.4 is 4.74 Å². The topological polar surface area (TPSA) is 157 Å². The molecule has 4 rings (SSSR count). The molecule has 1 saturated heterocycles. The molecule has 0 amide bonds. The van der Waals surface area contributed by atoms with E-state index in [-0.39, 0.29) is 52.7 Å². The Bertz CT molecular complexity index is 945. The molecule has 9 nitrogen and oxygen atoms in total. The van der Waals surface area contributed by atoms with Crippen LogP contribution in [0.25, 0.3) is 0 Å². The minimum absolute atomic E-state index is 0.00565. The molecule has 0 bridgehead atoms. The molecule has 5 unspecified atom stereocenters. The molecule has 9 heteroatoms. The number of carbonyl (C=O) groups excluding carboxylic acids is 1. The quantitative estimate of drug-likeness (QED) is 0.430. The van der Waals surface area contributed by atoms with Crippen LogP contribution in [0.3, 0.4) is 0 Å². The van der Waals surface area contributed by atoms with E-state index in [9.17, 15) is 35.4 Å². The van der Waals surface area contributed by atoms with Crippen LogP contribution >= 0.6 is 0 Å². The van der Waals surface area contributed by atoms with E-state index in [0.717, 1.165) is 6.07 Å². The van der Waals surface area contributed by atoms with Crippen LogP contribution in [0.1, 0.15) is 46.5 Å². The molecule has 154 valence electrons. The van der Waals surface area contributed by atoms with Crippen LogP contribution in [0.15, 0.2) is 30.3 Å².